The number of likely N-dealkylation sites (N-methyl/N-ethyl adjacent to an activating group) is 1. The van der Waals surface area contributed by atoms with E-state index in [-0.39, 0.29) is 5.91 Å². The second kappa shape index (κ2) is 4.18. The molecule has 0 aliphatic heterocycles. The predicted molar refractivity (Wildman–Crippen MR) is 62.3 cm³/mol. The first kappa shape index (κ1) is 10.4. The molecular formula is C12H13N3O. The summed E-state index contributed by atoms with van der Waals surface area (Å²) in [5.74, 6) is -0.0569. The highest BCUT2D eigenvalue weighted by atomic mass is 16.2. The third-order valence-electron chi connectivity index (χ3n) is 2.39. The number of amides is 1. The number of pyridine rings is 1. The topological polar surface area (TPSA) is 37.6 Å². The fourth-order valence-corrected chi connectivity index (χ4v) is 1.56. The molecule has 0 aliphatic rings. The minimum Gasteiger partial charge on any atom is -0.337 e. The van der Waals surface area contributed by atoms with Crippen LogP contribution in [-0.2, 0) is 0 Å². The van der Waals surface area contributed by atoms with E-state index in [2.05, 4.69) is 11.6 Å². The Morgan fingerprint density at radius 1 is 1.62 bits per heavy atom. The Balaban J connectivity index is 2.40. The number of nitrogens with zero attached hydrogens (tertiary/aromatic N) is 3. The van der Waals surface area contributed by atoms with Crippen LogP contribution in [0.2, 0.25) is 0 Å². The molecule has 4 nitrogen and oxygen atoms in total. The zero-order valence-corrected chi connectivity index (χ0v) is 9.13. The van der Waals surface area contributed by atoms with Gasteiger partial charge in [0.1, 0.15) is 11.3 Å². The van der Waals surface area contributed by atoms with Gasteiger partial charge >= 0.3 is 0 Å². The van der Waals surface area contributed by atoms with Gasteiger partial charge < -0.3 is 4.90 Å². The summed E-state index contributed by atoms with van der Waals surface area (Å²) < 4.78 is 1.78. The van der Waals surface area contributed by atoms with Crippen LogP contribution in [0.15, 0.2) is 43.2 Å². The average Bonchev–Trinajstić information content (AvgIpc) is 2.72. The molecule has 0 N–H and O–H groups in total. The van der Waals surface area contributed by atoms with Gasteiger partial charge in [-0.15, -0.1) is 6.58 Å². The standard InChI is InChI=1S/C12H13N3O/c1-3-7-14(2)12(16)10-9-13-11-6-4-5-8-15(10)11/h3-6,8-9H,1,7H2,2H3. The van der Waals surface area contributed by atoms with Gasteiger partial charge in [0, 0.05) is 19.8 Å². The van der Waals surface area contributed by atoms with Gasteiger partial charge in [0.15, 0.2) is 0 Å². The number of hydrogen-bond acceptors (Lipinski definition) is 2. The molecule has 2 aromatic heterocycles. The second-order valence-corrected chi connectivity index (χ2v) is 3.55. The molecule has 4 heteroatoms. The molecule has 0 spiro atoms. The van der Waals surface area contributed by atoms with Crippen LogP contribution in [-0.4, -0.2) is 33.8 Å². The van der Waals surface area contributed by atoms with Crippen molar-refractivity contribution < 1.29 is 4.79 Å². The lowest BCUT2D eigenvalue weighted by Crippen LogP contribution is -2.27. The summed E-state index contributed by atoms with van der Waals surface area (Å²) in [6.07, 6.45) is 5.12. The smallest absolute Gasteiger partial charge is 0.272 e. The normalized spacial score (nSPS) is 10.3. The van der Waals surface area contributed by atoms with E-state index >= 15 is 0 Å². The lowest BCUT2D eigenvalue weighted by molar-refractivity contribution is 0.0803. The minimum atomic E-state index is -0.0569. The summed E-state index contributed by atoms with van der Waals surface area (Å²) in [5, 5.41) is 0. The monoisotopic (exact) mass is 215 g/mol. The molecule has 2 heterocycles. The average molecular weight is 215 g/mol. The largest absolute Gasteiger partial charge is 0.337 e. The van der Waals surface area contributed by atoms with Crippen molar-refractivity contribution in [3.63, 3.8) is 0 Å². The number of carbonyl (C=O) groups is 1. The molecule has 1 amide bonds. The van der Waals surface area contributed by atoms with Gasteiger partial charge in [-0.25, -0.2) is 4.98 Å². The van der Waals surface area contributed by atoms with Gasteiger partial charge in [0.05, 0.1) is 6.20 Å². The third kappa shape index (κ3) is 1.69. The van der Waals surface area contributed by atoms with Crippen molar-refractivity contribution in [2.75, 3.05) is 13.6 Å². The van der Waals surface area contributed by atoms with Crippen LogP contribution < -0.4 is 0 Å². The van der Waals surface area contributed by atoms with E-state index in [1.54, 1.807) is 28.6 Å². The second-order valence-electron chi connectivity index (χ2n) is 3.55. The third-order valence-corrected chi connectivity index (χ3v) is 2.39. The van der Waals surface area contributed by atoms with E-state index in [0.29, 0.717) is 12.2 Å². The summed E-state index contributed by atoms with van der Waals surface area (Å²) in [7, 11) is 1.74. The number of imidazole rings is 1. The molecule has 2 aromatic rings. The predicted octanol–water partition coefficient (Wildman–Crippen LogP) is 1.59. The van der Waals surface area contributed by atoms with Gasteiger partial charge in [-0.1, -0.05) is 12.1 Å². The highest BCUT2D eigenvalue weighted by Gasteiger charge is 2.14. The maximum absolute atomic E-state index is 12.0. The molecule has 82 valence electrons. The van der Waals surface area contributed by atoms with Crippen LogP contribution in [0.4, 0.5) is 0 Å². The van der Waals surface area contributed by atoms with Gasteiger partial charge in [-0.2, -0.15) is 0 Å². The Hall–Kier alpha value is -2.10. The van der Waals surface area contributed by atoms with Crippen LogP contribution in [0, 0.1) is 0 Å². The van der Waals surface area contributed by atoms with Crippen LogP contribution in [0.3, 0.4) is 0 Å². The molecular weight excluding hydrogens is 202 g/mol. The number of hydrogen-bond donors (Lipinski definition) is 0. The lowest BCUT2D eigenvalue weighted by atomic mass is 10.4. The molecule has 0 saturated carbocycles. The summed E-state index contributed by atoms with van der Waals surface area (Å²) in [4.78, 5) is 17.8. The summed E-state index contributed by atoms with van der Waals surface area (Å²) in [6.45, 7) is 4.14. The first-order valence-electron chi connectivity index (χ1n) is 5.02. The van der Waals surface area contributed by atoms with E-state index in [1.807, 2.05) is 24.4 Å². The molecule has 16 heavy (non-hydrogen) atoms. The molecule has 0 saturated heterocycles. The Morgan fingerprint density at radius 3 is 3.19 bits per heavy atom. The van der Waals surface area contributed by atoms with Crippen LogP contribution in [0.5, 0.6) is 0 Å². The van der Waals surface area contributed by atoms with Gasteiger partial charge in [-0.05, 0) is 12.1 Å². The summed E-state index contributed by atoms with van der Waals surface area (Å²) in [5.41, 5.74) is 1.35. The zero-order valence-electron chi connectivity index (χ0n) is 9.13. The summed E-state index contributed by atoms with van der Waals surface area (Å²) >= 11 is 0. The molecule has 0 atom stereocenters. The van der Waals surface area contributed by atoms with Crippen LogP contribution >= 0.6 is 0 Å². The maximum atomic E-state index is 12.0. The van der Waals surface area contributed by atoms with Gasteiger partial charge in [0.2, 0.25) is 0 Å². The fourth-order valence-electron chi connectivity index (χ4n) is 1.56. The van der Waals surface area contributed by atoms with Crippen molar-refractivity contribution in [1.29, 1.82) is 0 Å². The van der Waals surface area contributed by atoms with E-state index in [4.69, 9.17) is 0 Å². The van der Waals surface area contributed by atoms with Crippen molar-refractivity contribution in [2.24, 2.45) is 0 Å². The highest BCUT2D eigenvalue weighted by molar-refractivity contribution is 5.93. The molecule has 2 rings (SSSR count). The molecule has 0 fully saturated rings. The summed E-state index contributed by atoms with van der Waals surface area (Å²) in [6, 6.07) is 5.63. The number of fused-ring (bicyclic) bond motifs is 1. The van der Waals surface area contributed by atoms with Crippen LogP contribution in [0.1, 0.15) is 10.5 Å². The fraction of sp³-hybridized carbons (Fsp3) is 0.167. The zero-order chi connectivity index (χ0) is 11.5. The number of aromatic nitrogens is 2. The molecule has 0 bridgehead atoms. The van der Waals surface area contributed by atoms with Crippen LogP contribution in [0.25, 0.3) is 5.65 Å². The minimum absolute atomic E-state index is 0.0569. The Bertz CT molecular complexity index is 530. The van der Waals surface area contributed by atoms with Crippen molar-refractivity contribution in [3.05, 3.63) is 48.9 Å². The van der Waals surface area contributed by atoms with Crippen molar-refractivity contribution in [3.8, 4) is 0 Å². The van der Waals surface area contributed by atoms with E-state index in [1.165, 1.54) is 0 Å². The lowest BCUT2D eigenvalue weighted by Gasteiger charge is -2.13. The van der Waals surface area contributed by atoms with Crippen molar-refractivity contribution >= 4 is 11.6 Å². The Kier molecular flexibility index (Phi) is 2.72. The van der Waals surface area contributed by atoms with Gasteiger partial charge in [-0.3, -0.25) is 9.20 Å². The SMILES string of the molecule is C=CCN(C)C(=O)c1cnc2ccccn12. The number of carbonyl (C=O) groups excluding carboxylic acids is 1. The van der Waals surface area contributed by atoms with Gasteiger partial charge in [0.25, 0.3) is 5.91 Å². The molecule has 0 aromatic carbocycles. The van der Waals surface area contributed by atoms with Crippen molar-refractivity contribution in [2.45, 2.75) is 0 Å². The molecule has 0 radical (unpaired) electrons. The number of rotatable bonds is 3. The quantitative estimate of drug-likeness (QED) is 0.729. The first-order valence-corrected chi connectivity index (χ1v) is 5.02. The van der Waals surface area contributed by atoms with E-state index in [9.17, 15) is 4.79 Å². The highest BCUT2D eigenvalue weighted by Crippen LogP contribution is 2.08. The van der Waals surface area contributed by atoms with E-state index < -0.39 is 0 Å². The Labute approximate surface area is 93.8 Å². The van der Waals surface area contributed by atoms with Crippen molar-refractivity contribution in [1.82, 2.24) is 14.3 Å². The first-order chi connectivity index (χ1) is 7.74. The Morgan fingerprint density at radius 2 is 2.44 bits per heavy atom. The molecule has 0 aliphatic carbocycles. The van der Waals surface area contributed by atoms with E-state index in [0.717, 1.165) is 5.65 Å². The molecule has 0 unspecified atom stereocenters. The maximum Gasteiger partial charge on any atom is 0.272 e.